The first-order chi connectivity index (χ1) is 9.05. The molecule has 2 rings (SSSR count). The molecule has 1 atom stereocenters. The largest absolute Gasteiger partial charge is 0.392 e. The first kappa shape index (κ1) is 15.5. The maximum atomic E-state index is 5.92. The van der Waals surface area contributed by atoms with Gasteiger partial charge in [-0.25, -0.2) is 0 Å². The van der Waals surface area contributed by atoms with E-state index in [0.29, 0.717) is 11.1 Å². The van der Waals surface area contributed by atoms with Crippen LogP contribution in [-0.4, -0.2) is 78.3 Å². The molecule has 0 aromatic heterocycles. The van der Waals surface area contributed by atoms with Gasteiger partial charge in [0.15, 0.2) is 0 Å². The molecular weight excluding hydrogens is 278 g/mol. The number of thiocarbonyl (C=S) groups is 1. The van der Waals surface area contributed by atoms with Gasteiger partial charge >= 0.3 is 0 Å². The van der Waals surface area contributed by atoms with E-state index >= 15 is 0 Å². The van der Waals surface area contributed by atoms with Gasteiger partial charge in [-0.15, -0.1) is 0 Å². The lowest BCUT2D eigenvalue weighted by Crippen LogP contribution is -2.52. The van der Waals surface area contributed by atoms with E-state index in [9.17, 15) is 0 Å². The number of thioether (sulfide) groups is 1. The van der Waals surface area contributed by atoms with Crippen LogP contribution in [0.25, 0.3) is 0 Å². The summed E-state index contributed by atoms with van der Waals surface area (Å²) in [7, 11) is 2.16. The highest BCUT2D eigenvalue weighted by molar-refractivity contribution is 8.02. The Kier molecular flexibility index (Phi) is 5.48. The average Bonchev–Trinajstić information content (AvgIpc) is 2.39. The number of hydrogen-bond donors (Lipinski definition) is 1. The zero-order valence-corrected chi connectivity index (χ0v) is 13.6. The minimum atomic E-state index is 0.0239. The predicted molar refractivity (Wildman–Crippen MR) is 85.9 cm³/mol. The van der Waals surface area contributed by atoms with Crippen LogP contribution in [0.5, 0.6) is 0 Å². The summed E-state index contributed by atoms with van der Waals surface area (Å²) in [6, 6.07) is 0. The molecule has 2 saturated heterocycles. The summed E-state index contributed by atoms with van der Waals surface area (Å²) in [5.41, 5.74) is 5.92. The van der Waals surface area contributed by atoms with E-state index in [2.05, 4.69) is 23.1 Å². The Labute approximate surface area is 126 Å². The molecule has 0 bridgehead atoms. The summed E-state index contributed by atoms with van der Waals surface area (Å²) in [6.45, 7) is 6.12. The van der Waals surface area contributed by atoms with Crippen molar-refractivity contribution in [1.82, 2.24) is 9.80 Å². The van der Waals surface area contributed by atoms with Crippen LogP contribution in [0.2, 0.25) is 0 Å². The van der Waals surface area contributed by atoms with Crippen molar-refractivity contribution in [2.75, 3.05) is 52.6 Å². The lowest BCUT2D eigenvalue weighted by Gasteiger charge is -2.42. The van der Waals surface area contributed by atoms with Crippen molar-refractivity contribution in [3.05, 3.63) is 0 Å². The van der Waals surface area contributed by atoms with E-state index in [4.69, 9.17) is 22.7 Å². The minimum Gasteiger partial charge on any atom is -0.392 e. The number of likely N-dealkylation sites (tertiary alicyclic amines) is 1. The first-order valence-corrected chi connectivity index (χ1v) is 8.56. The minimum absolute atomic E-state index is 0.0239. The molecule has 2 N–H and O–H groups in total. The number of likely N-dealkylation sites (N-methyl/N-ethyl adjacent to an activating group) is 1. The third kappa shape index (κ3) is 3.82. The van der Waals surface area contributed by atoms with Crippen molar-refractivity contribution < 1.29 is 4.74 Å². The second-order valence-electron chi connectivity index (χ2n) is 5.62. The molecule has 4 nitrogen and oxygen atoms in total. The molecule has 2 aliphatic rings. The number of rotatable bonds is 4. The molecule has 0 aromatic rings. The fraction of sp³-hybridized carbons (Fsp3) is 0.923. The molecule has 1 unspecified atom stereocenters. The van der Waals surface area contributed by atoms with E-state index in [1.54, 1.807) is 0 Å². The van der Waals surface area contributed by atoms with Crippen molar-refractivity contribution in [3.8, 4) is 0 Å². The Hall–Kier alpha value is 0.120. The number of hydrogen-bond acceptors (Lipinski definition) is 5. The maximum absolute atomic E-state index is 5.92. The van der Waals surface area contributed by atoms with Crippen LogP contribution < -0.4 is 5.73 Å². The van der Waals surface area contributed by atoms with Crippen molar-refractivity contribution in [3.63, 3.8) is 0 Å². The Bertz CT molecular complexity index is 319. The lowest BCUT2D eigenvalue weighted by atomic mass is 9.95. The molecule has 2 heterocycles. The van der Waals surface area contributed by atoms with Gasteiger partial charge in [0, 0.05) is 19.6 Å². The van der Waals surface area contributed by atoms with Crippen molar-refractivity contribution in [1.29, 1.82) is 0 Å². The van der Waals surface area contributed by atoms with E-state index in [0.717, 1.165) is 52.2 Å². The fourth-order valence-corrected chi connectivity index (χ4v) is 4.16. The summed E-state index contributed by atoms with van der Waals surface area (Å²) in [6.07, 6.45) is 4.59. The van der Waals surface area contributed by atoms with Crippen LogP contribution in [0.4, 0.5) is 0 Å². The smallest absolute Gasteiger partial charge is 0.0891 e. The zero-order valence-electron chi connectivity index (χ0n) is 11.9. The molecule has 0 saturated carbocycles. The quantitative estimate of drug-likeness (QED) is 0.775. The molecule has 2 aliphatic heterocycles. The molecule has 0 aliphatic carbocycles. The van der Waals surface area contributed by atoms with Gasteiger partial charge in [0.25, 0.3) is 0 Å². The van der Waals surface area contributed by atoms with Crippen LogP contribution in [0.3, 0.4) is 0 Å². The highest BCUT2D eigenvalue weighted by Crippen LogP contribution is 2.35. The van der Waals surface area contributed by atoms with Gasteiger partial charge in [-0.05, 0) is 39.2 Å². The number of piperidine rings is 1. The second kappa shape index (κ2) is 6.72. The van der Waals surface area contributed by atoms with Gasteiger partial charge in [-0.2, -0.15) is 11.8 Å². The fourth-order valence-electron chi connectivity index (χ4n) is 2.91. The molecule has 0 spiro atoms. The highest BCUT2D eigenvalue weighted by atomic mass is 32.2. The summed E-state index contributed by atoms with van der Waals surface area (Å²) >= 11 is 7.07. The van der Waals surface area contributed by atoms with Gasteiger partial charge in [0.2, 0.25) is 0 Å². The first-order valence-electron chi connectivity index (χ1n) is 6.93. The van der Waals surface area contributed by atoms with Crippen molar-refractivity contribution >= 4 is 29.0 Å². The van der Waals surface area contributed by atoms with E-state index < -0.39 is 0 Å². The van der Waals surface area contributed by atoms with Crippen LogP contribution in [0.1, 0.15) is 12.8 Å². The molecular formula is C13H25N3OS2. The SMILES string of the molecule is CSC1(C(N)=S)CCN(CC2CN(C)CCO2)CC1. The number of morpholine rings is 1. The highest BCUT2D eigenvalue weighted by Gasteiger charge is 2.37. The average molecular weight is 303 g/mol. The number of ether oxygens (including phenoxy) is 1. The Morgan fingerprint density at radius 2 is 2.11 bits per heavy atom. The Balaban J connectivity index is 1.81. The summed E-state index contributed by atoms with van der Waals surface area (Å²) in [4.78, 5) is 5.52. The molecule has 0 radical (unpaired) electrons. The van der Waals surface area contributed by atoms with E-state index in [1.165, 1.54) is 0 Å². The maximum Gasteiger partial charge on any atom is 0.0891 e. The van der Waals surface area contributed by atoms with Crippen LogP contribution in [0.15, 0.2) is 0 Å². The third-order valence-electron chi connectivity index (χ3n) is 4.31. The molecule has 6 heteroatoms. The third-order valence-corrected chi connectivity index (χ3v) is 6.24. The second-order valence-corrected chi connectivity index (χ2v) is 7.25. The molecule has 19 heavy (non-hydrogen) atoms. The van der Waals surface area contributed by atoms with Gasteiger partial charge in [-0.1, -0.05) is 12.2 Å². The van der Waals surface area contributed by atoms with Crippen LogP contribution in [0, 0.1) is 0 Å². The van der Waals surface area contributed by atoms with Crippen molar-refractivity contribution in [2.45, 2.75) is 23.7 Å². The van der Waals surface area contributed by atoms with Crippen LogP contribution >= 0.6 is 24.0 Å². The monoisotopic (exact) mass is 303 g/mol. The Morgan fingerprint density at radius 1 is 1.42 bits per heavy atom. The normalized spacial score (nSPS) is 29.3. The van der Waals surface area contributed by atoms with Gasteiger partial charge in [-0.3, -0.25) is 0 Å². The molecule has 110 valence electrons. The van der Waals surface area contributed by atoms with E-state index in [-0.39, 0.29) is 4.75 Å². The lowest BCUT2D eigenvalue weighted by molar-refractivity contribution is -0.0379. The standard InChI is InChI=1S/C13H25N3OS2/c1-15-7-8-17-11(9-15)10-16-5-3-13(19-2,4-6-16)12(14)18/h11H,3-10H2,1-2H3,(H2,14,18). The molecule has 0 aromatic carbocycles. The van der Waals surface area contributed by atoms with Gasteiger partial charge in [0.1, 0.15) is 0 Å². The topological polar surface area (TPSA) is 41.7 Å². The summed E-state index contributed by atoms with van der Waals surface area (Å²) < 4.78 is 5.86. The number of nitrogens with two attached hydrogens (primary N) is 1. The Morgan fingerprint density at radius 3 is 2.63 bits per heavy atom. The van der Waals surface area contributed by atoms with Crippen LogP contribution in [-0.2, 0) is 4.74 Å². The van der Waals surface area contributed by atoms with Gasteiger partial charge < -0.3 is 20.3 Å². The van der Waals surface area contributed by atoms with Gasteiger partial charge in [0.05, 0.1) is 22.4 Å². The summed E-state index contributed by atoms with van der Waals surface area (Å²) in [5.74, 6) is 0. The molecule has 2 fully saturated rings. The summed E-state index contributed by atoms with van der Waals surface area (Å²) in [5, 5.41) is 0. The van der Waals surface area contributed by atoms with Crippen molar-refractivity contribution in [2.24, 2.45) is 5.73 Å². The predicted octanol–water partition coefficient (Wildman–Crippen LogP) is 0.801. The molecule has 0 amide bonds. The number of nitrogens with zero attached hydrogens (tertiary/aromatic N) is 2. The van der Waals surface area contributed by atoms with E-state index in [1.807, 2.05) is 11.8 Å². The zero-order chi connectivity index (χ0) is 13.9.